The quantitative estimate of drug-likeness (QED) is 0.0120. The summed E-state index contributed by atoms with van der Waals surface area (Å²) < 4.78 is 34.6. The molecule has 0 saturated heterocycles. The van der Waals surface area contributed by atoms with E-state index in [0.717, 1.165) is 38.5 Å². The molecule has 56 heavy (non-hydrogen) atoms. The molecule has 0 aliphatic carbocycles. The minimum Gasteiger partial charge on any atom is -0.498 e. The lowest BCUT2D eigenvalue weighted by atomic mass is 10.1. The molecule has 0 heterocycles. The fraction of sp³-hybridized carbons (Fsp3) is 0.717. The highest BCUT2D eigenvalue weighted by atomic mass is 31.2. The maximum absolute atomic E-state index is 12.7. The molecule has 0 amide bonds. The van der Waals surface area contributed by atoms with Gasteiger partial charge in [-0.3, -0.25) is 13.8 Å². The number of esters is 1. The van der Waals surface area contributed by atoms with Crippen LogP contribution < -0.4 is 0 Å². The lowest BCUT2D eigenvalue weighted by Gasteiger charge is -2.24. The molecule has 0 aliphatic rings. The minimum atomic E-state index is -4.33. The zero-order valence-corrected chi connectivity index (χ0v) is 37.1. The van der Waals surface area contributed by atoms with Crippen molar-refractivity contribution in [1.29, 1.82) is 0 Å². The van der Waals surface area contributed by atoms with Crippen LogP contribution in [0.15, 0.2) is 73.1 Å². The van der Waals surface area contributed by atoms with Gasteiger partial charge in [0.25, 0.3) is 0 Å². The van der Waals surface area contributed by atoms with E-state index in [1.807, 2.05) is 63.7 Å². The molecule has 0 aromatic rings. The van der Waals surface area contributed by atoms with E-state index in [4.69, 9.17) is 18.5 Å². The first-order chi connectivity index (χ1) is 27.0. The summed E-state index contributed by atoms with van der Waals surface area (Å²) in [4.78, 5) is 22.8. The molecular formula is C46H83NO8P+. The molecule has 0 radical (unpaired) electrons. The number of likely N-dealkylation sites (N-methyl/N-ethyl adjacent to an activating group) is 1. The number of carbonyl (C=O) groups excluding carboxylic acids is 1. The lowest BCUT2D eigenvalue weighted by Crippen LogP contribution is -2.37. The molecule has 10 heteroatoms. The van der Waals surface area contributed by atoms with E-state index < -0.39 is 26.0 Å². The van der Waals surface area contributed by atoms with Crippen LogP contribution in [0.2, 0.25) is 0 Å². The van der Waals surface area contributed by atoms with Crippen molar-refractivity contribution in [1.82, 2.24) is 0 Å². The zero-order chi connectivity index (χ0) is 41.4. The van der Waals surface area contributed by atoms with Crippen molar-refractivity contribution in [3.63, 3.8) is 0 Å². The van der Waals surface area contributed by atoms with Crippen molar-refractivity contribution in [2.75, 3.05) is 47.5 Å². The topological polar surface area (TPSA) is 112 Å². The zero-order valence-electron chi connectivity index (χ0n) is 36.2. The number of carbonyl (C=O) groups is 1. The molecule has 3 atom stereocenters. The van der Waals surface area contributed by atoms with E-state index in [1.165, 1.54) is 77.0 Å². The Labute approximate surface area is 343 Å². The first-order valence-corrected chi connectivity index (χ1v) is 23.3. The molecule has 2 N–H and O–H groups in total. The van der Waals surface area contributed by atoms with Gasteiger partial charge in [-0.2, -0.15) is 0 Å². The average Bonchev–Trinajstić information content (AvgIpc) is 3.14. The summed E-state index contributed by atoms with van der Waals surface area (Å²) in [5.41, 5.74) is 0. The SMILES string of the molecule is CCCCC/C=C\C=C/[C@H](O)C/C=C\C/C=C/CCCC(=O)O[C@H](CO/C=C/CCCCCC/C=C\CCCCCCCC)COP(=O)(O)OCC[N+](C)(C)C. The second-order valence-electron chi connectivity index (χ2n) is 15.6. The van der Waals surface area contributed by atoms with E-state index in [1.54, 1.807) is 12.3 Å². The van der Waals surface area contributed by atoms with E-state index in [-0.39, 0.29) is 26.2 Å². The summed E-state index contributed by atoms with van der Waals surface area (Å²) in [6, 6.07) is 0. The largest absolute Gasteiger partial charge is 0.498 e. The van der Waals surface area contributed by atoms with Crippen LogP contribution in [0.1, 0.15) is 155 Å². The molecular weight excluding hydrogens is 725 g/mol. The number of unbranched alkanes of at least 4 members (excludes halogenated alkanes) is 15. The standard InChI is InChI=1S/C46H82NO8P/c1-6-8-10-12-14-15-16-17-18-19-20-21-22-27-31-35-40-52-42-45(43-54-56(50,51)53-41-39-47(3,4)5)55-46(49)38-34-30-26-23-25-29-33-37-44(48)36-32-28-24-13-11-9-7-2/h17-18,23-24,26,28-29,32-33,35-36,40,44-45,48H,6-16,19-22,25,27,30-31,34,37-39,41-43H2,1-5H3/p+1/b18-17-,26-23+,28-24-,33-29-,36-32-,40-35+/t44-,45+/m0/s1. The Morgan fingerprint density at radius 1 is 0.661 bits per heavy atom. The van der Waals surface area contributed by atoms with Crippen LogP contribution in [0.5, 0.6) is 0 Å². The predicted molar refractivity (Wildman–Crippen MR) is 234 cm³/mol. The van der Waals surface area contributed by atoms with Gasteiger partial charge in [-0.25, -0.2) is 4.57 Å². The van der Waals surface area contributed by atoms with Crippen molar-refractivity contribution < 1.29 is 42.4 Å². The molecule has 0 aromatic heterocycles. The normalized spacial score (nSPS) is 15.0. The molecule has 0 aliphatic heterocycles. The van der Waals surface area contributed by atoms with Gasteiger partial charge in [0.15, 0.2) is 6.10 Å². The predicted octanol–water partition coefficient (Wildman–Crippen LogP) is 12.0. The Morgan fingerprint density at radius 3 is 1.89 bits per heavy atom. The highest BCUT2D eigenvalue weighted by molar-refractivity contribution is 7.47. The number of phosphoric acid groups is 1. The Hall–Kier alpha value is -2.26. The van der Waals surface area contributed by atoms with E-state index >= 15 is 0 Å². The van der Waals surface area contributed by atoms with Crippen LogP contribution in [-0.2, 0) is 27.9 Å². The van der Waals surface area contributed by atoms with Gasteiger partial charge < -0.3 is 24.0 Å². The third-order valence-corrected chi connectivity index (χ3v) is 9.87. The van der Waals surface area contributed by atoms with Gasteiger partial charge in [0, 0.05) is 6.42 Å². The minimum absolute atomic E-state index is 0.00132. The van der Waals surface area contributed by atoms with Crippen LogP contribution in [-0.4, -0.2) is 80.2 Å². The molecule has 0 bridgehead atoms. The number of allylic oxidation sites excluding steroid dienone is 9. The van der Waals surface area contributed by atoms with Gasteiger partial charge in [0.1, 0.15) is 19.8 Å². The van der Waals surface area contributed by atoms with Crippen LogP contribution in [0.3, 0.4) is 0 Å². The van der Waals surface area contributed by atoms with Crippen molar-refractivity contribution >= 4 is 13.8 Å². The van der Waals surface area contributed by atoms with Gasteiger partial charge in [0.2, 0.25) is 0 Å². The Balaban J connectivity index is 4.49. The van der Waals surface area contributed by atoms with Gasteiger partial charge >= 0.3 is 13.8 Å². The van der Waals surface area contributed by atoms with Crippen LogP contribution in [0.25, 0.3) is 0 Å². The Kier molecular flexibility index (Phi) is 36.7. The summed E-state index contributed by atoms with van der Waals surface area (Å²) in [5.74, 6) is -0.423. The van der Waals surface area contributed by atoms with E-state index in [2.05, 4.69) is 32.1 Å². The smallest absolute Gasteiger partial charge is 0.472 e. The van der Waals surface area contributed by atoms with Crippen molar-refractivity contribution in [3.05, 3.63) is 73.1 Å². The van der Waals surface area contributed by atoms with Crippen molar-refractivity contribution in [2.45, 2.75) is 167 Å². The molecule has 9 nitrogen and oxygen atoms in total. The Bertz CT molecular complexity index is 1140. The highest BCUT2D eigenvalue weighted by Crippen LogP contribution is 2.43. The maximum Gasteiger partial charge on any atom is 0.472 e. The lowest BCUT2D eigenvalue weighted by molar-refractivity contribution is -0.870. The molecule has 0 aromatic carbocycles. The second kappa shape index (κ2) is 38.3. The van der Waals surface area contributed by atoms with Crippen molar-refractivity contribution in [3.8, 4) is 0 Å². The third-order valence-electron chi connectivity index (χ3n) is 8.88. The van der Waals surface area contributed by atoms with Crippen LogP contribution in [0.4, 0.5) is 0 Å². The summed E-state index contributed by atoms with van der Waals surface area (Å²) >= 11 is 0. The number of nitrogens with zero attached hydrogens (tertiary/aromatic N) is 1. The molecule has 0 fully saturated rings. The van der Waals surface area contributed by atoms with Gasteiger partial charge in [0.05, 0.1) is 40.1 Å². The number of aliphatic hydroxyl groups is 1. The monoisotopic (exact) mass is 809 g/mol. The maximum atomic E-state index is 12.7. The number of phosphoric ester groups is 1. The number of aliphatic hydroxyl groups excluding tert-OH is 1. The van der Waals surface area contributed by atoms with Gasteiger partial charge in [-0.05, 0) is 83.1 Å². The highest BCUT2D eigenvalue weighted by Gasteiger charge is 2.26. The van der Waals surface area contributed by atoms with E-state index in [9.17, 15) is 19.4 Å². The molecule has 0 rings (SSSR count). The molecule has 0 saturated carbocycles. The molecule has 1 unspecified atom stereocenters. The van der Waals surface area contributed by atoms with Gasteiger partial charge in [-0.1, -0.05) is 132 Å². The first-order valence-electron chi connectivity index (χ1n) is 21.8. The summed E-state index contributed by atoms with van der Waals surface area (Å²) in [6.07, 6.45) is 46.3. The molecule has 324 valence electrons. The van der Waals surface area contributed by atoms with Crippen molar-refractivity contribution in [2.24, 2.45) is 0 Å². The first kappa shape index (κ1) is 53.7. The summed E-state index contributed by atoms with van der Waals surface area (Å²) in [6.45, 7) is 4.71. The molecule has 0 spiro atoms. The van der Waals surface area contributed by atoms with Gasteiger partial charge in [-0.15, -0.1) is 0 Å². The number of rotatable bonds is 39. The van der Waals surface area contributed by atoms with Crippen LogP contribution >= 0.6 is 7.82 Å². The number of ether oxygens (including phenoxy) is 2. The van der Waals surface area contributed by atoms with Crippen LogP contribution in [0, 0.1) is 0 Å². The fourth-order valence-corrected chi connectivity index (χ4v) is 6.15. The summed E-state index contributed by atoms with van der Waals surface area (Å²) in [7, 11) is 1.54. The number of quaternary nitrogens is 1. The number of hydrogen-bond acceptors (Lipinski definition) is 7. The summed E-state index contributed by atoms with van der Waals surface area (Å²) in [5, 5.41) is 10.1. The van der Waals surface area contributed by atoms with E-state index in [0.29, 0.717) is 30.3 Å². The third kappa shape index (κ3) is 41.4. The Morgan fingerprint density at radius 2 is 1.21 bits per heavy atom. The number of hydrogen-bond donors (Lipinski definition) is 2. The fourth-order valence-electron chi connectivity index (χ4n) is 5.41. The average molecular weight is 809 g/mol. The second-order valence-corrected chi connectivity index (χ2v) is 17.1.